The third-order valence-electron chi connectivity index (χ3n) is 3.30. The lowest BCUT2D eigenvalue weighted by Gasteiger charge is -2.12. The first-order valence-electron chi connectivity index (χ1n) is 6.55. The highest BCUT2D eigenvalue weighted by molar-refractivity contribution is 6.31. The molecule has 0 aliphatic rings. The van der Waals surface area contributed by atoms with Crippen LogP contribution in [-0.2, 0) is 6.54 Å². The van der Waals surface area contributed by atoms with Crippen LogP contribution in [0.4, 0.5) is 5.82 Å². The van der Waals surface area contributed by atoms with Gasteiger partial charge in [0.1, 0.15) is 5.75 Å². The first-order chi connectivity index (χ1) is 10.3. The molecule has 5 heteroatoms. The normalized spacial score (nSPS) is 10.6. The minimum absolute atomic E-state index is 0.519. The number of ether oxygens (including phenoxy) is 1. The van der Waals surface area contributed by atoms with Crippen LogP contribution < -0.4 is 10.1 Å². The van der Waals surface area contributed by atoms with Gasteiger partial charge in [-0.25, -0.2) is 0 Å². The van der Waals surface area contributed by atoms with E-state index >= 15 is 0 Å². The zero-order valence-electron chi connectivity index (χ0n) is 11.5. The molecule has 1 aromatic heterocycles. The summed E-state index contributed by atoms with van der Waals surface area (Å²) < 4.78 is 5.34. The number of hydrogen-bond donors (Lipinski definition) is 1. The second-order valence-corrected chi connectivity index (χ2v) is 4.96. The maximum atomic E-state index is 6.24. The zero-order chi connectivity index (χ0) is 14.7. The number of methoxy groups -OCH3 is 1. The van der Waals surface area contributed by atoms with Crippen molar-refractivity contribution in [3.05, 3.63) is 59.2 Å². The first kappa shape index (κ1) is 13.6. The molecule has 106 valence electrons. The van der Waals surface area contributed by atoms with Crippen LogP contribution >= 0.6 is 11.6 Å². The Kier molecular flexibility index (Phi) is 3.88. The molecule has 0 saturated heterocycles. The second kappa shape index (κ2) is 5.97. The van der Waals surface area contributed by atoms with Crippen LogP contribution in [-0.4, -0.2) is 17.3 Å². The summed E-state index contributed by atoms with van der Waals surface area (Å²) in [5.41, 5.74) is 0.899. The number of hydrogen-bond acceptors (Lipinski definition) is 4. The van der Waals surface area contributed by atoms with Crippen LogP contribution in [0.25, 0.3) is 10.8 Å². The van der Waals surface area contributed by atoms with Gasteiger partial charge in [-0.2, -0.15) is 5.10 Å². The van der Waals surface area contributed by atoms with Crippen molar-refractivity contribution in [1.82, 2.24) is 10.2 Å². The third kappa shape index (κ3) is 2.76. The van der Waals surface area contributed by atoms with Crippen LogP contribution in [0.2, 0.25) is 5.02 Å². The summed E-state index contributed by atoms with van der Waals surface area (Å²) in [5, 5.41) is 14.2. The van der Waals surface area contributed by atoms with Gasteiger partial charge in [-0.15, -0.1) is 5.10 Å². The van der Waals surface area contributed by atoms with E-state index in [0.29, 0.717) is 11.6 Å². The second-order valence-electron chi connectivity index (χ2n) is 4.55. The maximum Gasteiger partial charge on any atom is 0.156 e. The third-order valence-corrected chi connectivity index (χ3v) is 3.65. The fraction of sp³-hybridized carbons (Fsp3) is 0.125. The average molecular weight is 300 g/mol. The number of anilines is 1. The van der Waals surface area contributed by atoms with Crippen molar-refractivity contribution in [2.24, 2.45) is 0 Å². The number of nitrogens with zero attached hydrogens (tertiary/aromatic N) is 2. The van der Waals surface area contributed by atoms with Crippen molar-refractivity contribution >= 4 is 28.2 Å². The lowest BCUT2D eigenvalue weighted by Crippen LogP contribution is -2.05. The Morgan fingerprint density at radius 1 is 1.14 bits per heavy atom. The quantitative estimate of drug-likeness (QED) is 0.793. The SMILES string of the molecule is COc1cccc(Cl)c1CNc1nncc2ccccc12. The van der Waals surface area contributed by atoms with Crippen molar-refractivity contribution in [1.29, 1.82) is 0 Å². The fourth-order valence-electron chi connectivity index (χ4n) is 2.23. The molecular formula is C16H14ClN3O. The predicted octanol–water partition coefficient (Wildman–Crippen LogP) is 3.90. The molecule has 3 rings (SSSR count). The molecule has 0 amide bonds. The van der Waals surface area contributed by atoms with Gasteiger partial charge in [0.25, 0.3) is 0 Å². The number of nitrogens with one attached hydrogen (secondary N) is 1. The molecule has 1 N–H and O–H groups in total. The summed E-state index contributed by atoms with van der Waals surface area (Å²) >= 11 is 6.24. The standard InChI is InChI=1S/C16H14ClN3O/c1-21-15-8-4-7-14(17)13(15)10-18-16-12-6-3-2-5-11(12)9-19-20-16/h2-9H,10H2,1H3,(H,18,20). The van der Waals surface area contributed by atoms with E-state index < -0.39 is 0 Å². The average Bonchev–Trinajstić information content (AvgIpc) is 2.53. The Labute approximate surface area is 127 Å². The minimum Gasteiger partial charge on any atom is -0.496 e. The summed E-state index contributed by atoms with van der Waals surface area (Å²) in [6, 6.07) is 13.6. The topological polar surface area (TPSA) is 47.0 Å². The molecule has 1 heterocycles. The van der Waals surface area contributed by atoms with Gasteiger partial charge in [0, 0.05) is 27.9 Å². The summed E-state index contributed by atoms with van der Waals surface area (Å²) in [6.07, 6.45) is 1.75. The molecule has 0 unspecified atom stereocenters. The van der Waals surface area contributed by atoms with E-state index in [2.05, 4.69) is 15.5 Å². The number of benzene rings is 2. The zero-order valence-corrected chi connectivity index (χ0v) is 12.3. The van der Waals surface area contributed by atoms with E-state index in [4.69, 9.17) is 16.3 Å². The van der Waals surface area contributed by atoms with Crippen LogP contribution in [0, 0.1) is 0 Å². The highest BCUT2D eigenvalue weighted by Gasteiger charge is 2.09. The molecular weight excluding hydrogens is 286 g/mol. The molecule has 0 bridgehead atoms. The van der Waals surface area contributed by atoms with Crippen LogP contribution in [0.5, 0.6) is 5.75 Å². The Morgan fingerprint density at radius 2 is 2.00 bits per heavy atom. The van der Waals surface area contributed by atoms with Crippen LogP contribution in [0.15, 0.2) is 48.7 Å². The van der Waals surface area contributed by atoms with E-state index in [9.17, 15) is 0 Å². The van der Waals surface area contributed by atoms with Gasteiger partial charge in [0.05, 0.1) is 13.3 Å². The van der Waals surface area contributed by atoms with Crippen molar-refractivity contribution in [2.45, 2.75) is 6.54 Å². The monoisotopic (exact) mass is 299 g/mol. The van der Waals surface area contributed by atoms with Crippen molar-refractivity contribution in [2.75, 3.05) is 12.4 Å². The van der Waals surface area contributed by atoms with Gasteiger partial charge >= 0.3 is 0 Å². The van der Waals surface area contributed by atoms with Gasteiger partial charge < -0.3 is 10.1 Å². The summed E-state index contributed by atoms with van der Waals surface area (Å²) in [4.78, 5) is 0. The van der Waals surface area contributed by atoms with E-state index in [1.165, 1.54) is 0 Å². The highest BCUT2D eigenvalue weighted by atomic mass is 35.5. The van der Waals surface area contributed by atoms with Crippen molar-refractivity contribution < 1.29 is 4.74 Å². The van der Waals surface area contributed by atoms with Gasteiger partial charge in [-0.05, 0) is 12.1 Å². The molecule has 0 atom stereocenters. The Bertz CT molecular complexity index is 771. The number of aromatic nitrogens is 2. The molecule has 3 aromatic rings. The fourth-order valence-corrected chi connectivity index (χ4v) is 2.46. The lowest BCUT2D eigenvalue weighted by molar-refractivity contribution is 0.410. The summed E-state index contributed by atoms with van der Waals surface area (Å²) in [6.45, 7) is 0.519. The molecule has 0 fully saturated rings. The molecule has 0 radical (unpaired) electrons. The highest BCUT2D eigenvalue weighted by Crippen LogP contribution is 2.28. The van der Waals surface area contributed by atoms with E-state index in [-0.39, 0.29) is 0 Å². The van der Waals surface area contributed by atoms with Crippen LogP contribution in [0.1, 0.15) is 5.56 Å². The van der Waals surface area contributed by atoms with Crippen LogP contribution in [0.3, 0.4) is 0 Å². The van der Waals surface area contributed by atoms with E-state index in [1.807, 2.05) is 42.5 Å². The molecule has 21 heavy (non-hydrogen) atoms. The Morgan fingerprint density at radius 3 is 2.86 bits per heavy atom. The first-order valence-corrected chi connectivity index (χ1v) is 6.93. The van der Waals surface area contributed by atoms with Gasteiger partial charge in [-0.3, -0.25) is 0 Å². The van der Waals surface area contributed by atoms with Crippen molar-refractivity contribution in [3.8, 4) is 5.75 Å². The molecule has 0 saturated carbocycles. The summed E-state index contributed by atoms with van der Waals surface area (Å²) in [5.74, 6) is 1.48. The molecule has 4 nitrogen and oxygen atoms in total. The maximum absolute atomic E-state index is 6.24. The molecule has 2 aromatic carbocycles. The largest absolute Gasteiger partial charge is 0.496 e. The molecule has 0 aliphatic heterocycles. The van der Waals surface area contributed by atoms with Gasteiger partial charge in [-0.1, -0.05) is 41.9 Å². The van der Waals surface area contributed by atoms with Gasteiger partial charge in [0.2, 0.25) is 0 Å². The minimum atomic E-state index is 0.519. The summed E-state index contributed by atoms with van der Waals surface area (Å²) in [7, 11) is 1.63. The van der Waals surface area contributed by atoms with Gasteiger partial charge in [0.15, 0.2) is 5.82 Å². The number of fused-ring (bicyclic) bond motifs is 1. The van der Waals surface area contributed by atoms with Crippen molar-refractivity contribution in [3.63, 3.8) is 0 Å². The number of halogens is 1. The lowest BCUT2D eigenvalue weighted by atomic mass is 10.1. The molecule has 0 spiro atoms. The molecule has 0 aliphatic carbocycles. The predicted molar refractivity (Wildman–Crippen MR) is 84.9 cm³/mol. The smallest absolute Gasteiger partial charge is 0.156 e. The van der Waals surface area contributed by atoms with E-state index in [0.717, 1.165) is 27.9 Å². The van der Waals surface area contributed by atoms with E-state index in [1.54, 1.807) is 13.3 Å². The Hall–Kier alpha value is -2.33. The number of rotatable bonds is 4. The Balaban J connectivity index is 1.91.